The van der Waals surface area contributed by atoms with Gasteiger partial charge in [-0.25, -0.2) is 13.3 Å². The zero-order valence-electron chi connectivity index (χ0n) is 12.3. The van der Waals surface area contributed by atoms with Crippen LogP contribution in [-0.2, 0) is 7.05 Å². The Kier molecular flexibility index (Phi) is 4.49. The maximum absolute atomic E-state index is 13.9. The quantitative estimate of drug-likeness (QED) is 0.480. The van der Waals surface area contributed by atoms with Crippen molar-refractivity contribution >= 4 is 12.2 Å². The molecule has 22 heavy (non-hydrogen) atoms. The van der Waals surface area contributed by atoms with E-state index < -0.39 is 34.6 Å². The maximum atomic E-state index is 13.9. The Morgan fingerprint density at radius 2 is 1.59 bits per heavy atom. The largest absolute Gasteiger partial charge is 0.491 e. The van der Waals surface area contributed by atoms with Gasteiger partial charge in [0, 0.05) is 18.2 Å². The highest BCUT2D eigenvalue weighted by molar-refractivity contribution is 5.68. The lowest BCUT2D eigenvalue weighted by atomic mass is 10.1. The summed E-state index contributed by atoms with van der Waals surface area (Å²) in [7, 11) is 2.67. The number of aryl methyl sites for hydroxylation is 2. The molecule has 0 saturated heterocycles. The van der Waals surface area contributed by atoms with Gasteiger partial charge < -0.3 is 4.74 Å². The highest BCUT2D eigenvalue weighted by atomic mass is 19.2. The summed E-state index contributed by atoms with van der Waals surface area (Å²) in [4.78, 5) is 0. The molecular weight excluding hydrogens is 298 g/mol. The van der Waals surface area contributed by atoms with Crippen molar-refractivity contribution in [3.8, 4) is 5.75 Å². The van der Waals surface area contributed by atoms with Crippen molar-refractivity contribution in [1.29, 1.82) is 0 Å². The maximum Gasteiger partial charge on any atom is 0.205 e. The Morgan fingerprint density at radius 3 is 2.14 bits per heavy atom. The smallest absolute Gasteiger partial charge is 0.205 e. The van der Waals surface area contributed by atoms with E-state index in [0.717, 1.165) is 18.7 Å². The first-order chi connectivity index (χ1) is 10.4. The monoisotopic (exact) mass is 312 g/mol. The summed E-state index contributed by atoms with van der Waals surface area (Å²) in [5, 5.41) is 0. The standard InChI is InChI=1S/C16H14F4NO/c1-9-6-7-21(2)10(8-9)4-5-11-12(17)14(19)16(22-3)15(20)13(11)18/h4-8H,1-3H3/q+1/b5-4+. The number of halogens is 4. The molecule has 0 N–H and O–H groups in total. The molecule has 0 amide bonds. The van der Waals surface area contributed by atoms with Crippen LogP contribution in [0.5, 0.6) is 5.75 Å². The van der Waals surface area contributed by atoms with Gasteiger partial charge in [0.1, 0.15) is 7.05 Å². The molecule has 2 rings (SSSR count). The first-order valence-corrected chi connectivity index (χ1v) is 6.41. The van der Waals surface area contributed by atoms with Gasteiger partial charge in [0.05, 0.1) is 12.7 Å². The highest BCUT2D eigenvalue weighted by Crippen LogP contribution is 2.30. The lowest BCUT2D eigenvalue weighted by molar-refractivity contribution is -0.673. The third kappa shape index (κ3) is 2.81. The molecule has 116 valence electrons. The number of nitrogens with zero attached hydrogens (tertiary/aromatic N) is 1. The topological polar surface area (TPSA) is 13.1 Å². The van der Waals surface area contributed by atoms with E-state index in [-0.39, 0.29) is 0 Å². The van der Waals surface area contributed by atoms with Gasteiger partial charge in [-0.2, -0.15) is 8.78 Å². The molecule has 0 saturated carbocycles. The summed E-state index contributed by atoms with van der Waals surface area (Å²) >= 11 is 0. The van der Waals surface area contributed by atoms with Crippen molar-refractivity contribution in [2.24, 2.45) is 7.05 Å². The number of methoxy groups -OCH3 is 1. The van der Waals surface area contributed by atoms with E-state index in [4.69, 9.17) is 0 Å². The summed E-state index contributed by atoms with van der Waals surface area (Å²) in [5.41, 5.74) is 0.763. The van der Waals surface area contributed by atoms with Crippen molar-refractivity contribution in [3.63, 3.8) is 0 Å². The van der Waals surface area contributed by atoms with Crippen LogP contribution in [0.1, 0.15) is 16.8 Å². The minimum absolute atomic E-state index is 0.621. The van der Waals surface area contributed by atoms with Crippen LogP contribution in [0.25, 0.3) is 12.2 Å². The summed E-state index contributed by atoms with van der Waals surface area (Å²) in [6, 6.07) is 3.62. The molecule has 0 unspecified atom stereocenters. The predicted molar refractivity (Wildman–Crippen MR) is 74.1 cm³/mol. The Hall–Kier alpha value is -2.37. The van der Waals surface area contributed by atoms with Crippen LogP contribution in [0.4, 0.5) is 17.6 Å². The Morgan fingerprint density at radius 1 is 1.00 bits per heavy atom. The summed E-state index contributed by atoms with van der Waals surface area (Å²) in [6.45, 7) is 1.85. The van der Waals surface area contributed by atoms with Crippen LogP contribution in [0.15, 0.2) is 18.3 Å². The van der Waals surface area contributed by atoms with E-state index in [0.29, 0.717) is 5.69 Å². The number of benzene rings is 1. The van der Waals surface area contributed by atoms with Crippen molar-refractivity contribution < 1.29 is 26.9 Å². The molecule has 2 aromatic rings. The van der Waals surface area contributed by atoms with E-state index in [1.807, 2.05) is 13.0 Å². The third-order valence-corrected chi connectivity index (χ3v) is 3.23. The second kappa shape index (κ2) is 6.17. The van der Waals surface area contributed by atoms with Crippen molar-refractivity contribution in [2.45, 2.75) is 6.92 Å². The molecule has 0 aliphatic rings. The minimum Gasteiger partial charge on any atom is -0.491 e. The number of hydrogen-bond donors (Lipinski definition) is 0. The molecule has 0 atom stereocenters. The van der Waals surface area contributed by atoms with Crippen molar-refractivity contribution in [1.82, 2.24) is 0 Å². The first kappa shape index (κ1) is 16.0. The molecule has 0 radical (unpaired) electrons. The fraction of sp³-hybridized carbons (Fsp3) is 0.188. The van der Waals surface area contributed by atoms with Crippen LogP contribution in [0, 0.1) is 30.2 Å². The SMILES string of the molecule is COc1c(F)c(F)c(/C=C/c2cc(C)cc[n+]2C)c(F)c1F. The number of pyridine rings is 1. The summed E-state index contributed by atoms with van der Waals surface area (Å²) in [5.74, 6) is -7.19. The van der Waals surface area contributed by atoms with Gasteiger partial charge >= 0.3 is 0 Å². The van der Waals surface area contributed by atoms with Crippen LogP contribution in [0.3, 0.4) is 0 Å². The van der Waals surface area contributed by atoms with Gasteiger partial charge in [0.15, 0.2) is 23.6 Å². The van der Waals surface area contributed by atoms with E-state index >= 15 is 0 Å². The van der Waals surface area contributed by atoms with Gasteiger partial charge in [0.2, 0.25) is 17.3 Å². The number of aromatic nitrogens is 1. The van der Waals surface area contributed by atoms with Crippen LogP contribution >= 0.6 is 0 Å². The Balaban J connectivity index is 2.54. The van der Waals surface area contributed by atoms with Crippen molar-refractivity contribution in [2.75, 3.05) is 7.11 Å². The zero-order chi connectivity index (χ0) is 16.4. The lowest BCUT2D eigenvalue weighted by Gasteiger charge is -2.08. The molecule has 0 bridgehead atoms. The van der Waals surface area contributed by atoms with Crippen LogP contribution < -0.4 is 9.30 Å². The van der Waals surface area contributed by atoms with Crippen LogP contribution in [-0.4, -0.2) is 7.11 Å². The highest BCUT2D eigenvalue weighted by Gasteiger charge is 2.24. The van der Waals surface area contributed by atoms with E-state index in [9.17, 15) is 17.6 Å². The normalized spacial score (nSPS) is 11.2. The van der Waals surface area contributed by atoms with Gasteiger partial charge in [-0.1, -0.05) is 0 Å². The fourth-order valence-electron chi connectivity index (χ4n) is 1.99. The zero-order valence-corrected chi connectivity index (χ0v) is 12.3. The van der Waals surface area contributed by atoms with Crippen LogP contribution in [0.2, 0.25) is 0 Å². The van der Waals surface area contributed by atoms with Gasteiger partial charge in [-0.3, -0.25) is 0 Å². The van der Waals surface area contributed by atoms with Gasteiger partial charge in [0.25, 0.3) is 0 Å². The molecule has 1 aromatic heterocycles. The van der Waals surface area contributed by atoms with Crippen molar-refractivity contribution in [3.05, 3.63) is 58.4 Å². The summed E-state index contributed by atoms with van der Waals surface area (Å²) < 4.78 is 61.0. The number of ether oxygens (including phenoxy) is 1. The molecule has 1 heterocycles. The van der Waals surface area contributed by atoms with Gasteiger partial charge in [-0.15, -0.1) is 0 Å². The average molecular weight is 312 g/mol. The fourth-order valence-corrected chi connectivity index (χ4v) is 1.99. The van der Waals surface area contributed by atoms with E-state index in [1.165, 1.54) is 6.08 Å². The number of hydrogen-bond acceptors (Lipinski definition) is 1. The molecule has 2 nitrogen and oxygen atoms in total. The predicted octanol–water partition coefficient (Wildman–Crippen LogP) is 3.55. The Bertz CT molecular complexity index is 727. The number of rotatable bonds is 3. The molecule has 0 spiro atoms. The molecule has 0 fully saturated rings. The minimum atomic E-state index is -1.56. The first-order valence-electron chi connectivity index (χ1n) is 6.41. The average Bonchev–Trinajstić information content (AvgIpc) is 2.49. The lowest BCUT2D eigenvalue weighted by Crippen LogP contribution is -2.31. The Labute approximate surface area is 125 Å². The second-order valence-corrected chi connectivity index (χ2v) is 4.78. The molecule has 0 aliphatic heterocycles. The molecule has 6 heteroatoms. The van der Waals surface area contributed by atoms with E-state index in [2.05, 4.69) is 4.74 Å². The molecule has 1 aromatic carbocycles. The second-order valence-electron chi connectivity index (χ2n) is 4.78. The molecular formula is C16H14F4NO+. The third-order valence-electron chi connectivity index (χ3n) is 3.23. The summed E-state index contributed by atoms with van der Waals surface area (Å²) in [6.07, 6.45) is 4.13. The van der Waals surface area contributed by atoms with Gasteiger partial charge in [-0.05, 0) is 18.6 Å². The molecule has 0 aliphatic carbocycles. The van der Waals surface area contributed by atoms with E-state index in [1.54, 1.807) is 23.9 Å².